The summed E-state index contributed by atoms with van der Waals surface area (Å²) in [4.78, 5) is 12.0. The average molecular weight is 298 g/mol. The maximum atomic E-state index is 13.7. The third kappa shape index (κ3) is 4.05. The first kappa shape index (κ1) is 15.5. The molecule has 1 aliphatic heterocycles. The second kappa shape index (κ2) is 7.24. The Morgan fingerprint density at radius 3 is 2.81 bits per heavy atom. The largest absolute Gasteiger partial charge is 0.494 e. The molecule has 2 N–H and O–H groups in total. The number of ether oxygens (including phenoxy) is 3. The van der Waals surface area contributed by atoms with Crippen LogP contribution in [-0.2, 0) is 9.53 Å². The Labute approximate surface area is 122 Å². The van der Waals surface area contributed by atoms with Crippen molar-refractivity contribution in [2.45, 2.75) is 12.5 Å². The summed E-state index contributed by atoms with van der Waals surface area (Å²) in [6.45, 7) is 1.86. The van der Waals surface area contributed by atoms with Crippen LogP contribution in [0.5, 0.6) is 11.5 Å². The van der Waals surface area contributed by atoms with Crippen LogP contribution in [-0.4, -0.2) is 45.9 Å². The second-order valence-electron chi connectivity index (χ2n) is 4.67. The van der Waals surface area contributed by atoms with Crippen molar-refractivity contribution in [2.24, 2.45) is 0 Å². The highest BCUT2D eigenvalue weighted by Crippen LogP contribution is 2.32. The van der Waals surface area contributed by atoms with Crippen LogP contribution in [0.15, 0.2) is 12.1 Å². The Kier molecular flexibility index (Phi) is 5.35. The molecule has 0 radical (unpaired) electrons. The van der Waals surface area contributed by atoms with Gasteiger partial charge < -0.3 is 24.8 Å². The number of halogens is 1. The van der Waals surface area contributed by atoms with Crippen LogP contribution in [0.1, 0.15) is 6.42 Å². The number of hydrogen-bond acceptors (Lipinski definition) is 5. The normalized spacial score (nSPS) is 18.1. The zero-order valence-corrected chi connectivity index (χ0v) is 12.1. The van der Waals surface area contributed by atoms with Gasteiger partial charge in [0.1, 0.15) is 5.75 Å². The molecule has 1 heterocycles. The van der Waals surface area contributed by atoms with E-state index in [0.717, 1.165) is 6.54 Å². The first-order valence-corrected chi connectivity index (χ1v) is 6.66. The maximum Gasteiger partial charge on any atom is 0.226 e. The summed E-state index contributed by atoms with van der Waals surface area (Å²) in [6, 6.07) is 2.54. The molecule has 2 rings (SSSR count). The summed E-state index contributed by atoms with van der Waals surface area (Å²) in [7, 11) is 2.81. The third-order valence-corrected chi connectivity index (χ3v) is 3.18. The van der Waals surface area contributed by atoms with Crippen molar-refractivity contribution in [2.75, 3.05) is 39.3 Å². The van der Waals surface area contributed by atoms with Gasteiger partial charge in [0.25, 0.3) is 0 Å². The standard InChI is InChI=1S/C14H19FN2O4/c1-19-12-7-13(20-2)11(6-10(12)15)17-14(18)5-9-8-21-4-3-16-9/h6-7,9,16H,3-5,8H2,1-2H3,(H,17,18). The zero-order chi connectivity index (χ0) is 15.2. The van der Waals surface area contributed by atoms with Gasteiger partial charge in [0, 0.05) is 31.1 Å². The number of hydrogen-bond donors (Lipinski definition) is 2. The van der Waals surface area contributed by atoms with Gasteiger partial charge in [-0.25, -0.2) is 4.39 Å². The summed E-state index contributed by atoms with van der Waals surface area (Å²) >= 11 is 0. The van der Waals surface area contributed by atoms with Crippen LogP contribution in [0.25, 0.3) is 0 Å². The van der Waals surface area contributed by atoms with Crippen molar-refractivity contribution in [1.82, 2.24) is 5.32 Å². The Hall–Kier alpha value is -1.86. The molecule has 116 valence electrons. The molecule has 1 atom stereocenters. The summed E-state index contributed by atoms with van der Waals surface area (Å²) in [5.74, 6) is -0.393. The molecule has 0 saturated carbocycles. The summed E-state index contributed by atoms with van der Waals surface area (Å²) < 4.78 is 29.0. The number of amides is 1. The number of carbonyl (C=O) groups is 1. The molecule has 1 aromatic carbocycles. The van der Waals surface area contributed by atoms with E-state index in [4.69, 9.17) is 14.2 Å². The minimum Gasteiger partial charge on any atom is -0.494 e. The fourth-order valence-corrected chi connectivity index (χ4v) is 2.13. The van der Waals surface area contributed by atoms with Gasteiger partial charge in [-0.1, -0.05) is 0 Å². The molecule has 0 spiro atoms. The molecule has 1 saturated heterocycles. The lowest BCUT2D eigenvalue weighted by molar-refractivity contribution is -0.117. The topological polar surface area (TPSA) is 68.8 Å². The number of anilines is 1. The highest BCUT2D eigenvalue weighted by atomic mass is 19.1. The molecule has 1 aliphatic rings. The Balaban J connectivity index is 2.03. The molecule has 21 heavy (non-hydrogen) atoms. The van der Waals surface area contributed by atoms with Gasteiger partial charge in [-0.2, -0.15) is 0 Å². The van der Waals surface area contributed by atoms with Crippen LogP contribution in [0.3, 0.4) is 0 Å². The van der Waals surface area contributed by atoms with E-state index in [1.807, 2.05) is 0 Å². The minimum atomic E-state index is -0.562. The number of methoxy groups -OCH3 is 2. The smallest absolute Gasteiger partial charge is 0.226 e. The first-order valence-electron chi connectivity index (χ1n) is 6.66. The number of rotatable bonds is 5. The average Bonchev–Trinajstić information content (AvgIpc) is 2.48. The quantitative estimate of drug-likeness (QED) is 0.854. The summed E-state index contributed by atoms with van der Waals surface area (Å²) in [5, 5.41) is 5.83. The van der Waals surface area contributed by atoms with E-state index >= 15 is 0 Å². The predicted octanol–water partition coefficient (Wildman–Crippen LogP) is 1.16. The molecule has 1 unspecified atom stereocenters. The van der Waals surface area contributed by atoms with Gasteiger partial charge in [-0.3, -0.25) is 4.79 Å². The van der Waals surface area contributed by atoms with Crippen molar-refractivity contribution in [1.29, 1.82) is 0 Å². The highest BCUT2D eigenvalue weighted by Gasteiger charge is 2.19. The third-order valence-electron chi connectivity index (χ3n) is 3.18. The van der Waals surface area contributed by atoms with Gasteiger partial charge >= 0.3 is 0 Å². The van der Waals surface area contributed by atoms with E-state index in [9.17, 15) is 9.18 Å². The van der Waals surface area contributed by atoms with E-state index < -0.39 is 5.82 Å². The molecule has 0 aliphatic carbocycles. The van der Waals surface area contributed by atoms with Crippen LogP contribution < -0.4 is 20.1 Å². The molecular weight excluding hydrogens is 279 g/mol. The summed E-state index contributed by atoms with van der Waals surface area (Å²) in [5.41, 5.74) is 0.275. The predicted molar refractivity (Wildman–Crippen MR) is 75.4 cm³/mol. The van der Waals surface area contributed by atoms with Crippen LogP contribution in [0.4, 0.5) is 10.1 Å². The van der Waals surface area contributed by atoms with Crippen molar-refractivity contribution < 1.29 is 23.4 Å². The molecule has 6 nitrogen and oxygen atoms in total. The molecule has 1 fully saturated rings. The van der Waals surface area contributed by atoms with Crippen LogP contribution in [0.2, 0.25) is 0 Å². The van der Waals surface area contributed by atoms with Gasteiger partial charge in [0.2, 0.25) is 5.91 Å². The molecule has 1 aromatic rings. The molecular formula is C14H19FN2O4. The van der Waals surface area contributed by atoms with E-state index in [1.54, 1.807) is 0 Å². The molecule has 7 heteroatoms. The van der Waals surface area contributed by atoms with Gasteiger partial charge in [-0.15, -0.1) is 0 Å². The first-order chi connectivity index (χ1) is 10.1. The van der Waals surface area contributed by atoms with E-state index in [-0.39, 0.29) is 29.8 Å². The monoisotopic (exact) mass is 298 g/mol. The van der Waals surface area contributed by atoms with Gasteiger partial charge in [0.05, 0.1) is 33.1 Å². The number of morpholine rings is 1. The molecule has 0 bridgehead atoms. The van der Waals surface area contributed by atoms with E-state index in [2.05, 4.69) is 10.6 Å². The lowest BCUT2D eigenvalue weighted by Crippen LogP contribution is -2.43. The SMILES string of the molecule is COc1cc(OC)c(NC(=O)CC2COCCN2)cc1F. The Bertz CT molecular complexity index is 504. The summed E-state index contributed by atoms with van der Waals surface area (Å²) in [6.07, 6.45) is 0.247. The zero-order valence-electron chi connectivity index (χ0n) is 12.1. The molecule has 1 amide bonds. The minimum absolute atomic E-state index is 0.0344. The Morgan fingerprint density at radius 1 is 1.43 bits per heavy atom. The van der Waals surface area contributed by atoms with Crippen molar-refractivity contribution in [3.63, 3.8) is 0 Å². The van der Waals surface area contributed by atoms with Gasteiger partial charge in [0.15, 0.2) is 11.6 Å². The van der Waals surface area contributed by atoms with E-state index in [1.165, 1.54) is 26.4 Å². The maximum absolute atomic E-state index is 13.7. The fourth-order valence-electron chi connectivity index (χ4n) is 2.13. The van der Waals surface area contributed by atoms with Crippen LogP contribution in [0, 0.1) is 5.82 Å². The molecule has 0 aromatic heterocycles. The number of benzene rings is 1. The lowest BCUT2D eigenvalue weighted by Gasteiger charge is -2.23. The number of carbonyl (C=O) groups excluding carboxylic acids is 1. The highest BCUT2D eigenvalue weighted by molar-refractivity contribution is 5.92. The van der Waals surface area contributed by atoms with Crippen LogP contribution >= 0.6 is 0 Å². The van der Waals surface area contributed by atoms with Gasteiger partial charge in [-0.05, 0) is 0 Å². The second-order valence-corrected chi connectivity index (χ2v) is 4.67. The fraction of sp³-hybridized carbons (Fsp3) is 0.500. The Morgan fingerprint density at radius 2 is 2.19 bits per heavy atom. The lowest BCUT2D eigenvalue weighted by atomic mass is 10.2. The van der Waals surface area contributed by atoms with Crippen molar-refractivity contribution >= 4 is 11.6 Å². The van der Waals surface area contributed by atoms with E-state index in [0.29, 0.717) is 19.0 Å². The van der Waals surface area contributed by atoms with Crippen molar-refractivity contribution in [3.05, 3.63) is 17.9 Å². The van der Waals surface area contributed by atoms with Crippen molar-refractivity contribution in [3.8, 4) is 11.5 Å². The number of nitrogens with one attached hydrogen (secondary N) is 2.